The van der Waals surface area contributed by atoms with Crippen molar-refractivity contribution in [1.82, 2.24) is 4.98 Å². The first-order valence-electron chi connectivity index (χ1n) is 14.6. The minimum Gasteiger partial charge on any atom is -0.495 e. The lowest BCUT2D eigenvalue weighted by molar-refractivity contribution is -0.151. The number of nitrogens with zero attached hydrogens (tertiary/aromatic N) is 1. The number of hydrogen-bond donors (Lipinski definition) is 1. The van der Waals surface area contributed by atoms with Gasteiger partial charge >= 0.3 is 0 Å². The van der Waals surface area contributed by atoms with Gasteiger partial charge < -0.3 is 23.6 Å². The Balaban J connectivity index is 1.58. The van der Waals surface area contributed by atoms with E-state index in [-0.39, 0.29) is 23.0 Å². The molecule has 1 aromatic carbocycles. The molecule has 1 fully saturated rings. The monoisotopic (exact) mass is 578 g/mol. The van der Waals surface area contributed by atoms with Gasteiger partial charge in [0, 0.05) is 34.0 Å². The van der Waals surface area contributed by atoms with Crippen LogP contribution in [0.4, 0.5) is 0 Å². The van der Waals surface area contributed by atoms with Crippen molar-refractivity contribution in [2.75, 3.05) is 13.2 Å². The second kappa shape index (κ2) is 10.8. The average Bonchev–Trinajstić information content (AvgIpc) is 3.42. The number of hydrogen-bond acceptors (Lipinski definition) is 6. The van der Waals surface area contributed by atoms with Gasteiger partial charge in [0.2, 0.25) is 0 Å². The second-order valence-electron chi connectivity index (χ2n) is 13.8. The normalized spacial score (nSPS) is 22.7. The number of rotatable bonds is 8. The van der Waals surface area contributed by atoms with Gasteiger partial charge in [-0.05, 0) is 57.1 Å². The van der Waals surface area contributed by atoms with Crippen LogP contribution in [0, 0.1) is 11.3 Å². The molecule has 0 bridgehead atoms. The molecular formula is C33H46N2O5Si. The first kappa shape index (κ1) is 31.2. The number of ketones is 1. The molecular weight excluding hydrogens is 532 g/mol. The average molecular weight is 579 g/mol. The van der Waals surface area contributed by atoms with E-state index in [0.29, 0.717) is 36.3 Å². The van der Waals surface area contributed by atoms with E-state index in [1.165, 1.54) is 0 Å². The lowest BCUT2D eigenvalue weighted by Crippen LogP contribution is -2.44. The number of nitriles is 1. The Morgan fingerprint density at radius 1 is 1.15 bits per heavy atom. The van der Waals surface area contributed by atoms with E-state index >= 15 is 0 Å². The van der Waals surface area contributed by atoms with Gasteiger partial charge in [-0.2, -0.15) is 5.26 Å². The molecule has 0 spiro atoms. The summed E-state index contributed by atoms with van der Waals surface area (Å²) in [6, 6.07) is 7.61. The first-order chi connectivity index (χ1) is 18.9. The second-order valence-corrected chi connectivity index (χ2v) is 18.6. The number of ether oxygens (including phenoxy) is 3. The Hall–Kier alpha value is -2.70. The summed E-state index contributed by atoms with van der Waals surface area (Å²) in [6.07, 6.45) is 1.97. The highest BCUT2D eigenvalue weighted by Gasteiger charge is 2.45. The zero-order chi connectivity index (χ0) is 30.5. The van der Waals surface area contributed by atoms with Gasteiger partial charge in [0.25, 0.3) is 0 Å². The summed E-state index contributed by atoms with van der Waals surface area (Å²) < 4.78 is 25.3. The van der Waals surface area contributed by atoms with Crippen molar-refractivity contribution in [3.63, 3.8) is 0 Å². The number of Topliss-reactive ketones (excluding diaryl/α,β-unsaturated/α-hetero) is 1. The molecule has 2 heterocycles. The zero-order valence-corrected chi connectivity index (χ0v) is 27.6. The van der Waals surface area contributed by atoms with Crippen LogP contribution in [0.1, 0.15) is 90.3 Å². The number of H-pyrrole nitrogens is 1. The summed E-state index contributed by atoms with van der Waals surface area (Å²) in [6.45, 7) is 24.0. The molecule has 1 saturated heterocycles. The lowest BCUT2D eigenvalue weighted by atomic mass is 9.71. The molecule has 2 atom stereocenters. The third-order valence-electron chi connectivity index (χ3n) is 9.15. The molecule has 0 unspecified atom stereocenters. The minimum absolute atomic E-state index is 0.0374. The number of aromatic nitrogens is 1. The molecule has 7 nitrogen and oxygen atoms in total. The SMILES string of the molecule is CC/C(=C\C1=C(C)C(C)(C)c2[nH]c3cc(C#N)ccc3c2C1=O)OC[C@H]1OC(C)(C)O[C@@H]1CO[Si](C)(C)C(C)(C)C. The third kappa shape index (κ3) is 5.96. The Labute approximate surface area is 246 Å². The molecule has 0 saturated carbocycles. The summed E-state index contributed by atoms with van der Waals surface area (Å²) >= 11 is 0. The number of carbonyl (C=O) groups excluding carboxylic acids is 1. The molecule has 2 aliphatic rings. The number of aromatic amines is 1. The molecule has 1 aromatic heterocycles. The van der Waals surface area contributed by atoms with E-state index in [4.69, 9.17) is 18.6 Å². The van der Waals surface area contributed by atoms with Crippen molar-refractivity contribution < 1.29 is 23.4 Å². The Kier molecular flexibility index (Phi) is 8.27. The van der Waals surface area contributed by atoms with E-state index in [2.05, 4.69) is 58.8 Å². The van der Waals surface area contributed by atoms with E-state index < -0.39 is 19.5 Å². The third-order valence-corrected chi connectivity index (χ3v) is 13.7. The molecule has 41 heavy (non-hydrogen) atoms. The maximum atomic E-state index is 14.0. The highest BCUT2D eigenvalue weighted by atomic mass is 28.4. The van der Waals surface area contributed by atoms with Crippen LogP contribution in [0.15, 0.2) is 41.2 Å². The highest BCUT2D eigenvalue weighted by Crippen LogP contribution is 2.44. The Bertz CT molecular complexity index is 1450. The van der Waals surface area contributed by atoms with Crippen LogP contribution in [0.5, 0.6) is 0 Å². The van der Waals surface area contributed by atoms with Gasteiger partial charge in [0.05, 0.1) is 29.6 Å². The first-order valence-corrected chi connectivity index (χ1v) is 17.5. The number of fused-ring (bicyclic) bond motifs is 3. The van der Waals surface area contributed by atoms with Crippen LogP contribution in [0.25, 0.3) is 10.9 Å². The van der Waals surface area contributed by atoms with Gasteiger partial charge in [-0.15, -0.1) is 0 Å². The molecule has 222 valence electrons. The summed E-state index contributed by atoms with van der Waals surface area (Å²) in [5.74, 6) is -0.0499. The van der Waals surface area contributed by atoms with Crippen molar-refractivity contribution in [2.45, 2.75) is 110 Å². The Morgan fingerprint density at radius 2 is 1.78 bits per heavy atom. The molecule has 0 radical (unpaired) electrons. The van der Waals surface area contributed by atoms with Gasteiger partial charge in [-0.1, -0.05) is 53.2 Å². The van der Waals surface area contributed by atoms with Crippen molar-refractivity contribution in [1.29, 1.82) is 5.26 Å². The molecule has 8 heteroatoms. The van der Waals surface area contributed by atoms with Crippen LogP contribution in [0.3, 0.4) is 0 Å². The number of nitrogens with one attached hydrogen (secondary N) is 1. The lowest BCUT2D eigenvalue weighted by Gasteiger charge is -2.37. The van der Waals surface area contributed by atoms with Gasteiger partial charge in [-0.3, -0.25) is 4.79 Å². The Morgan fingerprint density at radius 3 is 2.37 bits per heavy atom. The number of benzene rings is 1. The largest absolute Gasteiger partial charge is 0.495 e. The van der Waals surface area contributed by atoms with Gasteiger partial charge in [0.15, 0.2) is 19.9 Å². The molecule has 0 amide bonds. The summed E-state index contributed by atoms with van der Waals surface area (Å²) in [5.41, 5.74) is 4.11. The maximum absolute atomic E-state index is 14.0. The summed E-state index contributed by atoms with van der Waals surface area (Å²) in [4.78, 5) is 17.4. The van der Waals surface area contributed by atoms with Crippen LogP contribution in [-0.4, -0.2) is 50.3 Å². The van der Waals surface area contributed by atoms with Crippen molar-refractivity contribution in [3.05, 3.63) is 58.0 Å². The van der Waals surface area contributed by atoms with E-state index in [9.17, 15) is 10.1 Å². The van der Waals surface area contributed by atoms with E-state index in [0.717, 1.165) is 27.9 Å². The zero-order valence-electron chi connectivity index (χ0n) is 26.6. The fourth-order valence-corrected chi connectivity index (χ4v) is 6.28. The van der Waals surface area contributed by atoms with Crippen LogP contribution < -0.4 is 0 Å². The number of allylic oxidation sites excluding steroid dienone is 4. The fourth-order valence-electron chi connectivity index (χ4n) is 5.27. The summed E-state index contributed by atoms with van der Waals surface area (Å²) in [5, 5.41) is 10.3. The standard InChI is InChI=1S/C33H46N2O5Si/c1-12-22(37-18-26-27(40-33(8,9)39-26)19-38-41(10,11)31(3,4)5)16-24-20(2)32(6,7)30-28(29(24)36)23-14-13-21(17-34)15-25(23)35-30/h13-16,26-27,35H,12,18-19H2,1-11H3/b22-16+/t26-,27-/m1/s1. The van der Waals surface area contributed by atoms with Crippen molar-refractivity contribution in [2.24, 2.45) is 0 Å². The quantitative estimate of drug-likeness (QED) is 0.255. The van der Waals surface area contributed by atoms with Crippen LogP contribution in [0.2, 0.25) is 18.1 Å². The van der Waals surface area contributed by atoms with Crippen LogP contribution >= 0.6 is 0 Å². The molecule has 4 rings (SSSR count). The van der Waals surface area contributed by atoms with Gasteiger partial charge in [0.1, 0.15) is 18.8 Å². The molecule has 1 N–H and O–H groups in total. The maximum Gasteiger partial charge on any atom is 0.195 e. The molecule has 1 aliphatic heterocycles. The topological polar surface area (TPSA) is 93.6 Å². The predicted octanol–water partition coefficient (Wildman–Crippen LogP) is 7.68. The van der Waals surface area contributed by atoms with Crippen LogP contribution in [-0.2, 0) is 24.1 Å². The number of carbonyl (C=O) groups is 1. The summed E-state index contributed by atoms with van der Waals surface area (Å²) in [7, 11) is -1.96. The predicted molar refractivity (Wildman–Crippen MR) is 164 cm³/mol. The van der Waals surface area contributed by atoms with E-state index in [1.807, 2.05) is 39.8 Å². The van der Waals surface area contributed by atoms with Crippen molar-refractivity contribution in [3.8, 4) is 6.07 Å². The minimum atomic E-state index is -1.96. The highest BCUT2D eigenvalue weighted by molar-refractivity contribution is 6.74. The van der Waals surface area contributed by atoms with Crippen molar-refractivity contribution >= 4 is 25.0 Å². The van der Waals surface area contributed by atoms with E-state index in [1.54, 1.807) is 12.1 Å². The fraction of sp³-hybridized carbons (Fsp3) is 0.576. The molecule has 1 aliphatic carbocycles. The molecule has 2 aromatic rings. The smallest absolute Gasteiger partial charge is 0.195 e. The van der Waals surface area contributed by atoms with Gasteiger partial charge in [-0.25, -0.2) is 0 Å².